The molecule has 0 fully saturated rings. The smallest absolute Gasteiger partial charge is 0.0794 e. The number of hydrogen-bond acceptors (Lipinski definition) is 4. The van der Waals surface area contributed by atoms with E-state index in [0.717, 1.165) is 26.1 Å². The Morgan fingerprint density at radius 3 is 3.15 bits per heavy atom. The van der Waals surface area contributed by atoms with Crippen LogP contribution in [0.25, 0.3) is 0 Å². The molecule has 0 saturated heterocycles. The zero-order valence-corrected chi connectivity index (χ0v) is 8.77. The average molecular weight is 200 g/mol. The summed E-state index contributed by atoms with van der Waals surface area (Å²) >= 11 is 1.69. The molecule has 0 radical (unpaired) electrons. The standard InChI is InChI=1S/C9H16N2OS/c1-12-5-3-2-4-10-6-9-7-11-8-13-9/h7-8,10H,2-6H2,1H3. The highest BCUT2D eigenvalue weighted by molar-refractivity contribution is 7.09. The topological polar surface area (TPSA) is 34.1 Å². The van der Waals surface area contributed by atoms with Crippen LogP contribution < -0.4 is 5.32 Å². The van der Waals surface area contributed by atoms with E-state index in [1.165, 1.54) is 11.3 Å². The molecule has 1 rings (SSSR count). The predicted octanol–water partition coefficient (Wildman–Crippen LogP) is 1.66. The highest BCUT2D eigenvalue weighted by Crippen LogP contribution is 2.03. The zero-order chi connectivity index (χ0) is 9.36. The Hall–Kier alpha value is -0.450. The molecular formula is C9H16N2OS. The average Bonchev–Trinajstić information content (AvgIpc) is 2.63. The van der Waals surface area contributed by atoms with Crippen molar-refractivity contribution in [2.24, 2.45) is 0 Å². The maximum absolute atomic E-state index is 4.96. The van der Waals surface area contributed by atoms with Gasteiger partial charge in [0.05, 0.1) is 5.51 Å². The molecule has 1 heterocycles. The first kappa shape index (κ1) is 10.6. The SMILES string of the molecule is COCCCCNCc1cncs1. The van der Waals surface area contributed by atoms with Gasteiger partial charge in [0.25, 0.3) is 0 Å². The molecule has 4 heteroatoms. The van der Waals surface area contributed by atoms with E-state index in [-0.39, 0.29) is 0 Å². The molecule has 0 aromatic carbocycles. The summed E-state index contributed by atoms with van der Waals surface area (Å²) in [4.78, 5) is 5.31. The van der Waals surface area contributed by atoms with Gasteiger partial charge in [0.15, 0.2) is 0 Å². The van der Waals surface area contributed by atoms with E-state index in [0.29, 0.717) is 0 Å². The van der Waals surface area contributed by atoms with Crippen LogP contribution in [-0.2, 0) is 11.3 Å². The van der Waals surface area contributed by atoms with Crippen LogP contribution in [0.4, 0.5) is 0 Å². The Labute approximate surface area is 83.1 Å². The number of methoxy groups -OCH3 is 1. The van der Waals surface area contributed by atoms with Gasteiger partial charge in [-0.2, -0.15) is 0 Å². The van der Waals surface area contributed by atoms with Crippen molar-refractivity contribution in [3.63, 3.8) is 0 Å². The van der Waals surface area contributed by atoms with Gasteiger partial charge in [-0.25, -0.2) is 0 Å². The van der Waals surface area contributed by atoms with Gasteiger partial charge in [-0.05, 0) is 19.4 Å². The largest absolute Gasteiger partial charge is 0.385 e. The fraction of sp³-hybridized carbons (Fsp3) is 0.667. The van der Waals surface area contributed by atoms with Crippen LogP contribution in [0.15, 0.2) is 11.7 Å². The first-order chi connectivity index (χ1) is 6.43. The first-order valence-corrected chi connectivity index (χ1v) is 5.38. The Kier molecular flexibility index (Phi) is 5.73. The minimum Gasteiger partial charge on any atom is -0.385 e. The molecule has 0 amide bonds. The molecule has 0 spiro atoms. The van der Waals surface area contributed by atoms with Crippen LogP contribution >= 0.6 is 11.3 Å². The molecule has 0 atom stereocenters. The second kappa shape index (κ2) is 7.00. The van der Waals surface area contributed by atoms with Crippen molar-refractivity contribution in [3.05, 3.63) is 16.6 Å². The minimum atomic E-state index is 0.863. The lowest BCUT2D eigenvalue weighted by Crippen LogP contribution is -2.14. The van der Waals surface area contributed by atoms with E-state index in [4.69, 9.17) is 4.74 Å². The molecular weight excluding hydrogens is 184 g/mol. The van der Waals surface area contributed by atoms with E-state index in [1.807, 2.05) is 11.7 Å². The summed E-state index contributed by atoms with van der Waals surface area (Å²) < 4.78 is 4.96. The maximum atomic E-state index is 4.96. The number of unbranched alkanes of at least 4 members (excludes halogenated alkanes) is 1. The number of rotatable bonds is 7. The van der Waals surface area contributed by atoms with Crippen molar-refractivity contribution >= 4 is 11.3 Å². The van der Waals surface area contributed by atoms with Gasteiger partial charge >= 0.3 is 0 Å². The molecule has 0 aliphatic rings. The lowest BCUT2D eigenvalue weighted by atomic mass is 10.3. The second-order valence-electron chi connectivity index (χ2n) is 2.84. The number of thiazole rings is 1. The Morgan fingerprint density at radius 1 is 1.54 bits per heavy atom. The monoisotopic (exact) mass is 200 g/mol. The molecule has 74 valence electrons. The lowest BCUT2D eigenvalue weighted by molar-refractivity contribution is 0.192. The molecule has 0 unspecified atom stereocenters. The summed E-state index contributed by atoms with van der Waals surface area (Å²) in [5, 5.41) is 3.36. The third kappa shape index (κ3) is 4.98. The van der Waals surface area contributed by atoms with Crippen LogP contribution in [0.3, 0.4) is 0 Å². The fourth-order valence-electron chi connectivity index (χ4n) is 1.04. The van der Waals surface area contributed by atoms with Crippen LogP contribution in [-0.4, -0.2) is 25.2 Å². The number of nitrogens with zero attached hydrogens (tertiary/aromatic N) is 1. The van der Waals surface area contributed by atoms with E-state index in [2.05, 4.69) is 10.3 Å². The Morgan fingerprint density at radius 2 is 2.46 bits per heavy atom. The highest BCUT2D eigenvalue weighted by atomic mass is 32.1. The Bertz CT molecular complexity index is 201. The van der Waals surface area contributed by atoms with Gasteiger partial charge < -0.3 is 10.1 Å². The normalized spacial score (nSPS) is 10.5. The first-order valence-electron chi connectivity index (χ1n) is 4.50. The fourth-order valence-corrected chi connectivity index (χ4v) is 1.60. The zero-order valence-electron chi connectivity index (χ0n) is 7.95. The van der Waals surface area contributed by atoms with Crippen LogP contribution in [0.1, 0.15) is 17.7 Å². The van der Waals surface area contributed by atoms with Gasteiger partial charge in [-0.15, -0.1) is 11.3 Å². The van der Waals surface area contributed by atoms with Gasteiger partial charge in [0.1, 0.15) is 0 Å². The van der Waals surface area contributed by atoms with Crippen LogP contribution in [0, 0.1) is 0 Å². The van der Waals surface area contributed by atoms with Gasteiger partial charge in [-0.3, -0.25) is 4.98 Å². The molecule has 1 aromatic heterocycles. The van der Waals surface area contributed by atoms with Crippen molar-refractivity contribution in [3.8, 4) is 0 Å². The third-order valence-corrected chi connectivity index (χ3v) is 2.51. The predicted molar refractivity (Wildman–Crippen MR) is 54.9 cm³/mol. The van der Waals surface area contributed by atoms with Crippen molar-refractivity contribution < 1.29 is 4.74 Å². The Balaban J connectivity index is 1.90. The number of nitrogens with one attached hydrogen (secondary N) is 1. The summed E-state index contributed by atoms with van der Waals surface area (Å²) in [5.74, 6) is 0. The van der Waals surface area contributed by atoms with Crippen molar-refractivity contribution in [2.45, 2.75) is 19.4 Å². The number of ether oxygens (including phenoxy) is 1. The van der Waals surface area contributed by atoms with E-state index in [9.17, 15) is 0 Å². The van der Waals surface area contributed by atoms with Crippen molar-refractivity contribution in [2.75, 3.05) is 20.3 Å². The molecule has 1 N–H and O–H groups in total. The molecule has 0 saturated carbocycles. The third-order valence-electron chi connectivity index (χ3n) is 1.73. The summed E-state index contributed by atoms with van der Waals surface area (Å²) in [7, 11) is 1.74. The molecule has 0 bridgehead atoms. The van der Waals surface area contributed by atoms with Gasteiger partial charge in [0.2, 0.25) is 0 Å². The summed E-state index contributed by atoms with van der Waals surface area (Å²) in [6, 6.07) is 0. The molecule has 3 nitrogen and oxygen atoms in total. The summed E-state index contributed by atoms with van der Waals surface area (Å²) in [6.07, 6.45) is 4.21. The number of aromatic nitrogens is 1. The maximum Gasteiger partial charge on any atom is 0.0794 e. The second-order valence-corrected chi connectivity index (χ2v) is 3.82. The van der Waals surface area contributed by atoms with E-state index in [1.54, 1.807) is 18.4 Å². The summed E-state index contributed by atoms with van der Waals surface area (Å²) in [6.45, 7) is 2.86. The van der Waals surface area contributed by atoms with E-state index < -0.39 is 0 Å². The van der Waals surface area contributed by atoms with Crippen LogP contribution in [0.2, 0.25) is 0 Å². The van der Waals surface area contributed by atoms with Gasteiger partial charge in [-0.1, -0.05) is 0 Å². The summed E-state index contributed by atoms with van der Waals surface area (Å²) in [5.41, 5.74) is 1.86. The molecule has 0 aliphatic carbocycles. The number of hydrogen-bond donors (Lipinski definition) is 1. The van der Waals surface area contributed by atoms with Crippen molar-refractivity contribution in [1.82, 2.24) is 10.3 Å². The molecule has 1 aromatic rings. The minimum absolute atomic E-state index is 0.863. The van der Waals surface area contributed by atoms with E-state index >= 15 is 0 Å². The highest BCUT2D eigenvalue weighted by Gasteiger charge is 1.93. The van der Waals surface area contributed by atoms with Crippen molar-refractivity contribution in [1.29, 1.82) is 0 Å². The lowest BCUT2D eigenvalue weighted by Gasteiger charge is -2.01. The van der Waals surface area contributed by atoms with Gasteiger partial charge in [0, 0.05) is 31.3 Å². The van der Waals surface area contributed by atoms with Crippen LogP contribution in [0.5, 0.6) is 0 Å². The molecule has 0 aliphatic heterocycles. The molecule has 13 heavy (non-hydrogen) atoms. The quantitative estimate of drug-likeness (QED) is 0.680.